The molecule has 0 spiro atoms. The maximum absolute atomic E-state index is 13.6. The Morgan fingerprint density at radius 1 is 0.875 bits per heavy atom. The van der Waals surface area contributed by atoms with Crippen molar-refractivity contribution in [2.75, 3.05) is 40.4 Å². The number of aliphatic hydroxyl groups is 1. The molecule has 298 valence electrons. The van der Waals surface area contributed by atoms with Gasteiger partial charge < -0.3 is 29.1 Å². The summed E-state index contributed by atoms with van der Waals surface area (Å²) >= 11 is 14.3. The largest absolute Gasteiger partial charge is 0.496 e. The molecular weight excluding hydrogens is 753 g/mol. The number of hydrogen-bond donors (Lipinski definition) is 1. The SMILES string of the molecule is COc1cc(-c2nccc(-c3cccc(-c4ccc(CN5CCC(O)CC5)c(OC)n4)c3Cl)c2Cl)ccc1CN(C(=O)OC(C)(C)C)C1CCN(C(C)=O)CC1. The van der Waals surface area contributed by atoms with E-state index >= 15 is 0 Å². The molecule has 11 nitrogen and oxygen atoms in total. The minimum atomic E-state index is -0.674. The predicted molar refractivity (Wildman–Crippen MR) is 219 cm³/mol. The van der Waals surface area contributed by atoms with E-state index in [1.807, 2.05) is 80.3 Å². The van der Waals surface area contributed by atoms with Crippen LogP contribution in [0.1, 0.15) is 64.5 Å². The van der Waals surface area contributed by atoms with Gasteiger partial charge in [-0.25, -0.2) is 9.78 Å². The van der Waals surface area contributed by atoms with E-state index < -0.39 is 11.7 Å². The van der Waals surface area contributed by atoms with Crippen LogP contribution in [0.15, 0.2) is 60.8 Å². The highest BCUT2D eigenvalue weighted by Gasteiger charge is 2.33. The van der Waals surface area contributed by atoms with Crippen molar-refractivity contribution in [2.45, 2.75) is 84.2 Å². The van der Waals surface area contributed by atoms with E-state index in [4.69, 9.17) is 42.4 Å². The fraction of sp³-hybridized carbons (Fsp3) is 0.442. The Labute approximate surface area is 339 Å². The second-order valence-corrected chi connectivity index (χ2v) is 16.2. The zero-order valence-corrected chi connectivity index (χ0v) is 34.5. The molecule has 1 N–H and O–H groups in total. The van der Waals surface area contributed by atoms with Crippen LogP contribution in [-0.2, 0) is 22.6 Å². The normalized spacial score (nSPS) is 15.8. The number of rotatable bonds is 10. The molecule has 2 aliphatic heterocycles. The maximum Gasteiger partial charge on any atom is 0.410 e. The number of hydrogen-bond acceptors (Lipinski definition) is 9. The molecule has 0 unspecified atom stereocenters. The Kier molecular flexibility index (Phi) is 13.1. The van der Waals surface area contributed by atoms with Gasteiger partial charge in [-0.05, 0) is 64.7 Å². The van der Waals surface area contributed by atoms with Crippen LogP contribution in [0, 0.1) is 0 Å². The van der Waals surface area contributed by atoms with Crippen LogP contribution in [0.3, 0.4) is 0 Å². The van der Waals surface area contributed by atoms with Gasteiger partial charge in [0.25, 0.3) is 0 Å². The molecule has 0 bridgehead atoms. The van der Waals surface area contributed by atoms with Gasteiger partial charge >= 0.3 is 6.09 Å². The van der Waals surface area contributed by atoms with E-state index in [1.165, 1.54) is 0 Å². The molecule has 4 heterocycles. The molecule has 56 heavy (non-hydrogen) atoms. The molecule has 0 saturated carbocycles. The number of methoxy groups -OCH3 is 2. The summed E-state index contributed by atoms with van der Waals surface area (Å²) in [4.78, 5) is 40.9. The van der Waals surface area contributed by atoms with E-state index in [9.17, 15) is 14.7 Å². The summed E-state index contributed by atoms with van der Waals surface area (Å²) in [5, 5.41) is 10.8. The van der Waals surface area contributed by atoms with Crippen molar-refractivity contribution >= 4 is 35.2 Å². The van der Waals surface area contributed by atoms with Crippen LogP contribution in [0.4, 0.5) is 4.79 Å². The molecule has 13 heteroatoms. The number of carbonyl (C=O) groups excluding carboxylic acids is 2. The fourth-order valence-corrected chi connectivity index (χ4v) is 8.03. The Morgan fingerprint density at radius 3 is 2.21 bits per heavy atom. The Hall–Kier alpha value is -4.42. The van der Waals surface area contributed by atoms with E-state index in [1.54, 1.807) is 32.2 Å². The molecule has 6 rings (SSSR count). The summed E-state index contributed by atoms with van der Waals surface area (Å²) in [6.45, 7) is 10.9. The lowest BCUT2D eigenvalue weighted by Gasteiger charge is -2.39. The fourth-order valence-electron chi connectivity index (χ4n) is 7.39. The minimum absolute atomic E-state index is 0.0329. The highest BCUT2D eigenvalue weighted by Crippen LogP contribution is 2.42. The van der Waals surface area contributed by atoms with Gasteiger partial charge in [-0.3, -0.25) is 14.7 Å². The van der Waals surface area contributed by atoms with Crippen molar-refractivity contribution < 1.29 is 28.9 Å². The molecule has 4 aromatic rings. The van der Waals surface area contributed by atoms with Crippen LogP contribution in [0.25, 0.3) is 33.6 Å². The zero-order chi connectivity index (χ0) is 40.1. The number of pyridine rings is 2. The third kappa shape index (κ3) is 9.57. The molecule has 2 aromatic carbocycles. The quantitative estimate of drug-likeness (QED) is 0.168. The molecule has 0 atom stereocenters. The highest BCUT2D eigenvalue weighted by atomic mass is 35.5. The van der Waals surface area contributed by atoms with Gasteiger partial charge in [-0.2, -0.15) is 0 Å². The smallest absolute Gasteiger partial charge is 0.410 e. The van der Waals surface area contributed by atoms with Crippen molar-refractivity contribution in [1.82, 2.24) is 24.7 Å². The predicted octanol–water partition coefficient (Wildman–Crippen LogP) is 8.51. The number of amides is 2. The summed E-state index contributed by atoms with van der Waals surface area (Å²) in [5.41, 5.74) is 5.20. The number of likely N-dealkylation sites (tertiary alicyclic amines) is 2. The van der Waals surface area contributed by atoms with Gasteiger partial charge in [-0.1, -0.05) is 59.6 Å². The monoisotopic (exact) mass is 803 g/mol. The Balaban J connectivity index is 1.27. The molecule has 0 aliphatic carbocycles. The second-order valence-electron chi connectivity index (χ2n) is 15.4. The van der Waals surface area contributed by atoms with Crippen molar-refractivity contribution in [3.05, 3.63) is 82.0 Å². The summed E-state index contributed by atoms with van der Waals surface area (Å²) in [6, 6.07) is 17.2. The first-order chi connectivity index (χ1) is 26.8. The molecule has 2 aromatic heterocycles. The van der Waals surface area contributed by atoms with Gasteiger partial charge in [0.05, 0.1) is 48.3 Å². The zero-order valence-electron chi connectivity index (χ0n) is 33.0. The van der Waals surface area contributed by atoms with Crippen LogP contribution < -0.4 is 9.47 Å². The van der Waals surface area contributed by atoms with Gasteiger partial charge in [0.15, 0.2) is 0 Å². The molecule has 2 fully saturated rings. The number of benzene rings is 2. The highest BCUT2D eigenvalue weighted by molar-refractivity contribution is 6.39. The van der Waals surface area contributed by atoms with Crippen LogP contribution in [-0.4, -0.2) is 99.9 Å². The minimum Gasteiger partial charge on any atom is -0.496 e. The number of aliphatic hydroxyl groups excluding tert-OH is 1. The summed E-state index contributed by atoms with van der Waals surface area (Å²) < 4.78 is 17.4. The first kappa shape index (κ1) is 41.2. The van der Waals surface area contributed by atoms with Crippen LogP contribution >= 0.6 is 23.2 Å². The third-order valence-electron chi connectivity index (χ3n) is 10.4. The first-order valence-electron chi connectivity index (χ1n) is 19.1. The first-order valence-corrected chi connectivity index (χ1v) is 19.8. The lowest BCUT2D eigenvalue weighted by Crippen LogP contribution is -2.49. The van der Waals surface area contributed by atoms with Crippen molar-refractivity contribution in [2.24, 2.45) is 0 Å². The maximum atomic E-state index is 13.6. The van der Waals surface area contributed by atoms with E-state index in [-0.39, 0.29) is 24.6 Å². The number of aromatic nitrogens is 2. The Morgan fingerprint density at radius 2 is 1.55 bits per heavy atom. The van der Waals surface area contributed by atoms with E-state index in [0.717, 1.165) is 53.7 Å². The number of halogens is 2. The van der Waals surface area contributed by atoms with Crippen molar-refractivity contribution in [1.29, 1.82) is 0 Å². The van der Waals surface area contributed by atoms with Crippen molar-refractivity contribution in [3.8, 4) is 45.3 Å². The average molecular weight is 805 g/mol. The molecule has 0 radical (unpaired) electrons. The van der Waals surface area contributed by atoms with Crippen molar-refractivity contribution in [3.63, 3.8) is 0 Å². The van der Waals surface area contributed by atoms with Gasteiger partial charge in [-0.15, -0.1) is 0 Å². The number of ether oxygens (including phenoxy) is 3. The van der Waals surface area contributed by atoms with Gasteiger partial charge in [0, 0.05) is 85.3 Å². The lowest BCUT2D eigenvalue weighted by atomic mass is 9.98. The molecule has 2 aliphatic rings. The van der Waals surface area contributed by atoms with Gasteiger partial charge in [0.1, 0.15) is 11.4 Å². The summed E-state index contributed by atoms with van der Waals surface area (Å²) in [6.07, 6.45) is 3.86. The second kappa shape index (κ2) is 17.8. The topological polar surface area (TPSA) is 118 Å². The Bertz CT molecular complexity index is 2040. The molecular formula is C43H51Cl2N5O6. The molecule has 2 saturated heterocycles. The summed E-state index contributed by atoms with van der Waals surface area (Å²) in [5.74, 6) is 1.14. The average Bonchev–Trinajstić information content (AvgIpc) is 3.17. The van der Waals surface area contributed by atoms with E-state index in [0.29, 0.717) is 71.1 Å². The molecule has 2 amide bonds. The lowest BCUT2D eigenvalue weighted by molar-refractivity contribution is -0.130. The number of nitrogens with zero attached hydrogens (tertiary/aromatic N) is 5. The number of piperidine rings is 2. The van der Waals surface area contributed by atoms with Crippen LogP contribution in [0.5, 0.6) is 11.6 Å². The summed E-state index contributed by atoms with van der Waals surface area (Å²) in [7, 11) is 3.21. The number of carbonyl (C=O) groups is 2. The standard InChI is InChI=1S/C43H51Cl2N5O6/c1-27(51)49-22-15-31(16-23-49)50(42(53)56-43(2,3)4)26-29-11-10-28(24-37(29)54-5)40-39(45)34(14-19-46-40)33-8-7-9-35(38(33)44)36-13-12-30(41(47-36)55-6)25-48-20-17-32(52)18-21-48/h7-14,19,24,31-32,52H,15-18,20-23,25-26H2,1-6H3. The third-order valence-corrected chi connectivity index (χ3v) is 11.2. The van der Waals surface area contributed by atoms with E-state index in [2.05, 4.69) is 9.88 Å². The van der Waals surface area contributed by atoms with Gasteiger partial charge in [0.2, 0.25) is 11.8 Å². The van der Waals surface area contributed by atoms with Crippen LogP contribution in [0.2, 0.25) is 10.0 Å².